The number of rotatable bonds is 2. The van der Waals surface area contributed by atoms with Crippen molar-refractivity contribution < 1.29 is 4.79 Å². The van der Waals surface area contributed by atoms with E-state index in [2.05, 4.69) is 25.8 Å². The molecule has 0 amide bonds. The number of benzene rings is 1. The molecule has 0 saturated carbocycles. The highest BCUT2D eigenvalue weighted by atomic mass is 35.5. The third-order valence-corrected chi connectivity index (χ3v) is 4.44. The van der Waals surface area contributed by atoms with Crippen LogP contribution in [-0.2, 0) is 5.41 Å². The molecule has 0 saturated heterocycles. The summed E-state index contributed by atoms with van der Waals surface area (Å²) in [6.07, 6.45) is 0.896. The van der Waals surface area contributed by atoms with E-state index in [0.717, 1.165) is 28.2 Å². The predicted molar refractivity (Wildman–Crippen MR) is 87.6 cm³/mol. The minimum absolute atomic E-state index is 0.167. The minimum Gasteiger partial charge on any atom is -0.296 e. The summed E-state index contributed by atoms with van der Waals surface area (Å²) in [5, 5.41) is 2.72. The lowest BCUT2D eigenvalue weighted by Gasteiger charge is -2.16. The summed E-state index contributed by atoms with van der Waals surface area (Å²) < 4.78 is 1.93. The Morgan fingerprint density at radius 3 is 2.48 bits per heavy atom. The number of hydrogen-bond acceptors (Lipinski definition) is 3. The van der Waals surface area contributed by atoms with Gasteiger partial charge < -0.3 is 0 Å². The average molecular weight is 319 g/mol. The Balaban J connectivity index is 2.28. The van der Waals surface area contributed by atoms with E-state index in [1.54, 1.807) is 0 Å². The van der Waals surface area contributed by atoms with Gasteiger partial charge in [0.2, 0.25) is 0 Å². The van der Waals surface area contributed by atoms with Crippen molar-refractivity contribution in [3.63, 3.8) is 0 Å². The van der Waals surface area contributed by atoms with Gasteiger partial charge in [-0.1, -0.05) is 44.5 Å². The Labute approximate surface area is 132 Å². The molecule has 0 unspecified atom stereocenters. The van der Waals surface area contributed by atoms with Gasteiger partial charge in [-0.3, -0.25) is 9.20 Å². The number of carbonyl (C=O) groups excluding carboxylic acids is 1. The Morgan fingerprint density at radius 1 is 1.24 bits per heavy atom. The number of thiazole rings is 1. The van der Waals surface area contributed by atoms with Crippen molar-refractivity contribution in [1.29, 1.82) is 0 Å². The van der Waals surface area contributed by atoms with Crippen LogP contribution in [-0.4, -0.2) is 15.7 Å². The van der Waals surface area contributed by atoms with Crippen molar-refractivity contribution in [2.45, 2.75) is 26.2 Å². The standard InChI is InChI=1S/C16H15ClN2OS/c1-16(2,3)14-12(8-20)19-13(9-21-15(19)18-14)10-4-6-11(17)7-5-10/h4-9H,1-3H3. The van der Waals surface area contributed by atoms with Crippen LogP contribution in [0.3, 0.4) is 0 Å². The topological polar surface area (TPSA) is 34.4 Å². The lowest BCUT2D eigenvalue weighted by Crippen LogP contribution is -2.14. The van der Waals surface area contributed by atoms with E-state index in [9.17, 15) is 4.79 Å². The second kappa shape index (κ2) is 4.97. The van der Waals surface area contributed by atoms with Gasteiger partial charge in [0.15, 0.2) is 11.2 Å². The Bertz CT molecular complexity index is 809. The number of halogens is 1. The minimum atomic E-state index is -0.167. The van der Waals surface area contributed by atoms with Gasteiger partial charge in [-0.2, -0.15) is 0 Å². The molecule has 21 heavy (non-hydrogen) atoms. The van der Waals surface area contributed by atoms with Gasteiger partial charge in [0, 0.05) is 15.8 Å². The first-order chi connectivity index (χ1) is 9.91. The number of carbonyl (C=O) groups is 1. The van der Waals surface area contributed by atoms with Crippen molar-refractivity contribution in [3.05, 3.63) is 46.1 Å². The molecule has 0 fully saturated rings. The molecule has 0 aliphatic carbocycles. The monoisotopic (exact) mass is 318 g/mol. The van der Waals surface area contributed by atoms with Crippen molar-refractivity contribution >= 4 is 34.2 Å². The van der Waals surface area contributed by atoms with Gasteiger partial charge in [-0.25, -0.2) is 4.98 Å². The Kier molecular flexibility index (Phi) is 3.38. The Hall–Kier alpha value is -1.65. The van der Waals surface area contributed by atoms with E-state index in [1.807, 2.05) is 34.0 Å². The molecular formula is C16H15ClN2OS. The maximum atomic E-state index is 11.6. The fraction of sp³-hybridized carbons (Fsp3) is 0.250. The molecule has 0 spiro atoms. The van der Waals surface area contributed by atoms with E-state index in [1.165, 1.54) is 11.3 Å². The Morgan fingerprint density at radius 2 is 1.90 bits per heavy atom. The van der Waals surface area contributed by atoms with Crippen LogP contribution in [0.4, 0.5) is 0 Å². The van der Waals surface area contributed by atoms with Crippen molar-refractivity contribution in [2.24, 2.45) is 0 Å². The van der Waals surface area contributed by atoms with Crippen LogP contribution in [0.15, 0.2) is 29.6 Å². The van der Waals surface area contributed by atoms with Crippen molar-refractivity contribution in [2.75, 3.05) is 0 Å². The highest BCUT2D eigenvalue weighted by Crippen LogP contribution is 2.33. The number of hydrogen-bond donors (Lipinski definition) is 0. The lowest BCUT2D eigenvalue weighted by atomic mass is 9.91. The third kappa shape index (κ3) is 2.39. The van der Waals surface area contributed by atoms with Crippen LogP contribution >= 0.6 is 22.9 Å². The van der Waals surface area contributed by atoms with Crippen LogP contribution in [0.25, 0.3) is 16.2 Å². The molecule has 2 aromatic heterocycles. The number of aldehydes is 1. The van der Waals surface area contributed by atoms with Gasteiger partial charge >= 0.3 is 0 Å². The van der Waals surface area contributed by atoms with Crippen LogP contribution < -0.4 is 0 Å². The van der Waals surface area contributed by atoms with Crippen LogP contribution in [0.5, 0.6) is 0 Å². The number of aromatic nitrogens is 2. The SMILES string of the molecule is CC(C)(C)c1nc2scc(-c3ccc(Cl)cc3)n2c1C=O. The summed E-state index contributed by atoms with van der Waals surface area (Å²) in [6.45, 7) is 6.19. The van der Waals surface area contributed by atoms with Crippen LogP contribution in [0.2, 0.25) is 5.02 Å². The van der Waals surface area contributed by atoms with Crippen LogP contribution in [0.1, 0.15) is 37.0 Å². The fourth-order valence-electron chi connectivity index (χ4n) is 2.36. The molecule has 0 radical (unpaired) electrons. The summed E-state index contributed by atoms with van der Waals surface area (Å²) in [5.41, 5.74) is 3.28. The summed E-state index contributed by atoms with van der Waals surface area (Å²) >= 11 is 7.48. The van der Waals surface area contributed by atoms with Gasteiger partial charge in [-0.15, -0.1) is 11.3 Å². The zero-order valence-electron chi connectivity index (χ0n) is 12.1. The maximum absolute atomic E-state index is 11.6. The molecule has 0 N–H and O–H groups in total. The first kappa shape index (κ1) is 14.3. The molecular weight excluding hydrogens is 304 g/mol. The molecule has 0 aliphatic rings. The summed E-state index contributed by atoms with van der Waals surface area (Å²) in [7, 11) is 0. The lowest BCUT2D eigenvalue weighted by molar-refractivity contribution is 0.111. The van der Waals surface area contributed by atoms with E-state index in [-0.39, 0.29) is 5.41 Å². The fourth-order valence-corrected chi connectivity index (χ4v) is 3.39. The molecule has 0 atom stereocenters. The molecule has 2 heterocycles. The normalized spacial score (nSPS) is 12.0. The number of imidazole rings is 1. The first-order valence-corrected chi connectivity index (χ1v) is 7.89. The van der Waals surface area contributed by atoms with Crippen molar-refractivity contribution in [1.82, 2.24) is 9.38 Å². The van der Waals surface area contributed by atoms with Crippen LogP contribution in [0, 0.1) is 0 Å². The molecule has 3 aromatic rings. The molecule has 5 heteroatoms. The third-order valence-electron chi connectivity index (χ3n) is 3.36. The molecule has 3 rings (SSSR count). The summed E-state index contributed by atoms with van der Waals surface area (Å²) in [4.78, 5) is 17.1. The number of fused-ring (bicyclic) bond motifs is 1. The second-order valence-electron chi connectivity index (χ2n) is 5.96. The zero-order valence-corrected chi connectivity index (χ0v) is 13.6. The highest BCUT2D eigenvalue weighted by molar-refractivity contribution is 7.15. The van der Waals surface area contributed by atoms with Crippen molar-refractivity contribution in [3.8, 4) is 11.3 Å². The molecule has 0 aliphatic heterocycles. The molecule has 3 nitrogen and oxygen atoms in total. The molecule has 108 valence electrons. The first-order valence-electron chi connectivity index (χ1n) is 6.63. The highest BCUT2D eigenvalue weighted by Gasteiger charge is 2.25. The quantitative estimate of drug-likeness (QED) is 0.634. The number of nitrogens with zero attached hydrogens (tertiary/aromatic N) is 2. The van der Waals surface area contributed by atoms with E-state index in [4.69, 9.17) is 11.6 Å². The average Bonchev–Trinajstić information content (AvgIpc) is 2.97. The largest absolute Gasteiger partial charge is 0.296 e. The zero-order chi connectivity index (χ0) is 15.2. The van der Waals surface area contributed by atoms with E-state index in [0.29, 0.717) is 10.7 Å². The smallest absolute Gasteiger partial charge is 0.195 e. The summed E-state index contributed by atoms with van der Waals surface area (Å²) in [6, 6.07) is 7.61. The molecule has 1 aromatic carbocycles. The van der Waals surface area contributed by atoms with E-state index >= 15 is 0 Å². The maximum Gasteiger partial charge on any atom is 0.195 e. The molecule has 0 bridgehead atoms. The van der Waals surface area contributed by atoms with Gasteiger partial charge in [0.25, 0.3) is 0 Å². The summed E-state index contributed by atoms with van der Waals surface area (Å²) in [5.74, 6) is 0. The van der Waals surface area contributed by atoms with Gasteiger partial charge in [-0.05, 0) is 17.7 Å². The van der Waals surface area contributed by atoms with Gasteiger partial charge in [0.1, 0.15) is 5.69 Å². The van der Waals surface area contributed by atoms with Gasteiger partial charge in [0.05, 0.1) is 11.4 Å². The predicted octanol–water partition coefficient (Wildman–Crippen LogP) is 4.83. The second-order valence-corrected chi connectivity index (χ2v) is 7.23. The van der Waals surface area contributed by atoms with E-state index < -0.39 is 0 Å².